The van der Waals surface area contributed by atoms with Gasteiger partial charge in [0.25, 0.3) is 0 Å². The molecule has 0 aliphatic heterocycles. The number of rotatable bonds is 8. The summed E-state index contributed by atoms with van der Waals surface area (Å²) in [6.07, 6.45) is -0.0650. The van der Waals surface area contributed by atoms with Crippen molar-refractivity contribution in [2.75, 3.05) is 25.8 Å². The predicted molar refractivity (Wildman–Crippen MR) is 63.9 cm³/mol. The van der Waals surface area contributed by atoms with Crippen LogP contribution in [-0.4, -0.2) is 48.0 Å². The summed E-state index contributed by atoms with van der Waals surface area (Å²) in [4.78, 5) is 22.2. The maximum Gasteiger partial charge on any atom is 0.380 e. The summed E-state index contributed by atoms with van der Waals surface area (Å²) >= 11 is 5.39. The molecule has 2 N–H and O–H groups in total. The highest BCUT2D eigenvalue weighted by Gasteiger charge is 2.54. The van der Waals surface area contributed by atoms with Crippen molar-refractivity contribution < 1.29 is 24.0 Å². The van der Waals surface area contributed by atoms with Crippen LogP contribution in [-0.2, 0) is 18.9 Å². The minimum atomic E-state index is -2.14. The van der Waals surface area contributed by atoms with Gasteiger partial charge in [0.1, 0.15) is 6.66 Å². The molecule has 0 aromatic heterocycles. The molecule has 0 saturated heterocycles. The molecule has 0 radical (unpaired) electrons. The Bertz CT molecular complexity index is 296. The van der Waals surface area contributed by atoms with Crippen molar-refractivity contribution in [1.29, 1.82) is 0 Å². The Morgan fingerprint density at radius 3 is 2.41 bits per heavy atom. The summed E-state index contributed by atoms with van der Waals surface area (Å²) in [5, 5.41) is 9.58. The fraction of sp³-hybridized carbons (Fsp3) is 0.778. The highest BCUT2D eigenvalue weighted by atomic mass is 35.5. The summed E-state index contributed by atoms with van der Waals surface area (Å²) in [7, 11) is -2.14. The number of carboxylic acids is 1. The van der Waals surface area contributed by atoms with E-state index in [9.17, 15) is 14.2 Å². The lowest BCUT2D eigenvalue weighted by atomic mass is 10.2. The number of hydrogen-bond donors (Lipinski definition) is 2. The Labute approximate surface area is 105 Å². The molecule has 8 heteroatoms. The van der Waals surface area contributed by atoms with Gasteiger partial charge in [0.2, 0.25) is 5.91 Å². The average Bonchev–Trinajstić information content (AvgIpc) is 2.21. The van der Waals surface area contributed by atoms with Crippen LogP contribution in [0.3, 0.4) is 0 Å². The monoisotopic (exact) mass is 284 g/mol. The molecule has 0 aliphatic rings. The van der Waals surface area contributed by atoms with Crippen molar-refractivity contribution in [1.82, 2.24) is 5.32 Å². The Morgan fingerprint density at radius 2 is 2.06 bits per heavy atom. The zero-order chi connectivity index (χ0) is 13.5. The smallest absolute Gasteiger partial charge is 0.380 e. The standard InChI is InChI=1S/C9H15ClNO5P/c1-7(12)11-9(8(13)14,17(2)15)3-5-16-6-4-10/h3-6H2,1-2H3,(H-,11,12,13,14)/p+1. The highest BCUT2D eigenvalue weighted by Crippen LogP contribution is 2.36. The number of ether oxygens (including phenoxy) is 1. The number of aliphatic carboxylic acids is 1. The van der Waals surface area contributed by atoms with E-state index in [-0.39, 0.29) is 19.6 Å². The molecule has 2 atom stereocenters. The van der Waals surface area contributed by atoms with Gasteiger partial charge in [0.05, 0.1) is 19.6 Å². The van der Waals surface area contributed by atoms with Crippen molar-refractivity contribution >= 4 is 31.3 Å². The number of halogens is 1. The van der Waals surface area contributed by atoms with Crippen molar-refractivity contribution in [3.05, 3.63) is 0 Å². The number of carbonyl (C=O) groups is 2. The van der Waals surface area contributed by atoms with Crippen molar-refractivity contribution in [2.45, 2.75) is 18.6 Å². The topological polar surface area (TPSA) is 92.7 Å². The van der Waals surface area contributed by atoms with E-state index in [1.54, 1.807) is 0 Å². The zero-order valence-corrected chi connectivity index (χ0v) is 11.4. The van der Waals surface area contributed by atoms with Gasteiger partial charge in [-0.3, -0.25) is 4.79 Å². The van der Waals surface area contributed by atoms with E-state index in [0.717, 1.165) is 0 Å². The Kier molecular flexibility index (Phi) is 7.27. The lowest BCUT2D eigenvalue weighted by Crippen LogP contribution is -2.51. The van der Waals surface area contributed by atoms with Crippen LogP contribution in [0.1, 0.15) is 13.3 Å². The minimum absolute atomic E-state index is 0.0637. The van der Waals surface area contributed by atoms with Crippen LogP contribution in [0.2, 0.25) is 0 Å². The number of amides is 1. The van der Waals surface area contributed by atoms with Crippen LogP contribution in [0, 0.1) is 0 Å². The third-order valence-electron chi connectivity index (χ3n) is 2.10. The Balaban J connectivity index is 4.74. The second-order valence-corrected chi connectivity index (χ2v) is 5.53. The van der Waals surface area contributed by atoms with Gasteiger partial charge in [0, 0.05) is 12.8 Å². The molecule has 0 bridgehead atoms. The average molecular weight is 285 g/mol. The largest absolute Gasteiger partial charge is 0.476 e. The lowest BCUT2D eigenvalue weighted by molar-refractivity contribution is -0.144. The number of hydrogen-bond acceptors (Lipinski definition) is 4. The van der Waals surface area contributed by atoms with Crippen LogP contribution < -0.4 is 5.32 Å². The quantitative estimate of drug-likeness (QED) is 0.394. The van der Waals surface area contributed by atoms with E-state index in [4.69, 9.17) is 21.4 Å². The van der Waals surface area contributed by atoms with Crippen molar-refractivity contribution in [2.24, 2.45) is 0 Å². The molecule has 0 fully saturated rings. The van der Waals surface area contributed by atoms with Crippen LogP contribution in [0.25, 0.3) is 0 Å². The molecule has 6 nitrogen and oxygen atoms in total. The van der Waals surface area contributed by atoms with E-state index in [1.165, 1.54) is 13.6 Å². The molecule has 1 amide bonds. The second-order valence-electron chi connectivity index (χ2n) is 3.40. The Morgan fingerprint density at radius 1 is 1.47 bits per heavy atom. The maximum atomic E-state index is 11.6. The normalized spacial score (nSPS) is 14.9. The van der Waals surface area contributed by atoms with Crippen LogP contribution >= 0.6 is 19.4 Å². The van der Waals surface area contributed by atoms with E-state index in [1.807, 2.05) is 0 Å². The molecule has 0 heterocycles. The second kappa shape index (κ2) is 7.58. The highest BCUT2D eigenvalue weighted by molar-refractivity contribution is 7.47. The number of alkyl halides is 1. The van der Waals surface area contributed by atoms with Gasteiger partial charge in [0.15, 0.2) is 0 Å². The Hall–Kier alpha value is -0.710. The summed E-state index contributed by atoms with van der Waals surface area (Å²) in [5.74, 6) is -1.58. The van der Waals surface area contributed by atoms with Crippen molar-refractivity contribution in [3.63, 3.8) is 0 Å². The van der Waals surface area contributed by atoms with E-state index in [0.29, 0.717) is 5.88 Å². The molecule has 0 saturated carbocycles. The van der Waals surface area contributed by atoms with Gasteiger partial charge >= 0.3 is 19.1 Å². The molecular formula is C9H16ClNO5P+. The first-order valence-electron chi connectivity index (χ1n) is 4.93. The first-order valence-corrected chi connectivity index (χ1v) is 7.17. The summed E-state index contributed by atoms with van der Waals surface area (Å²) in [6.45, 7) is 2.78. The van der Waals surface area contributed by atoms with Crippen LogP contribution in [0.15, 0.2) is 0 Å². The third kappa shape index (κ3) is 4.98. The van der Waals surface area contributed by atoms with Gasteiger partial charge < -0.3 is 15.2 Å². The van der Waals surface area contributed by atoms with Gasteiger partial charge in [-0.25, -0.2) is 4.79 Å². The van der Waals surface area contributed by atoms with Gasteiger partial charge in [-0.05, 0) is 0 Å². The van der Waals surface area contributed by atoms with Crippen LogP contribution in [0.5, 0.6) is 0 Å². The number of carboxylic acid groups (broad SMARTS) is 1. The fourth-order valence-corrected chi connectivity index (χ4v) is 2.36. The van der Waals surface area contributed by atoms with E-state index in [2.05, 4.69) is 5.32 Å². The molecule has 0 aliphatic carbocycles. The number of nitrogens with one attached hydrogen (secondary N) is 1. The summed E-state index contributed by atoms with van der Waals surface area (Å²) in [6, 6.07) is 0. The molecular weight excluding hydrogens is 269 g/mol. The molecule has 0 aromatic rings. The first kappa shape index (κ1) is 16.3. The van der Waals surface area contributed by atoms with E-state index >= 15 is 0 Å². The van der Waals surface area contributed by atoms with Gasteiger partial charge in [-0.15, -0.1) is 11.6 Å². The maximum absolute atomic E-state index is 11.6. The van der Waals surface area contributed by atoms with Gasteiger partial charge in [-0.2, -0.15) is 0 Å². The first-order chi connectivity index (χ1) is 7.86. The summed E-state index contributed by atoms with van der Waals surface area (Å²) in [5.41, 5.74) is 0. The molecule has 2 unspecified atom stereocenters. The molecule has 0 rings (SSSR count). The molecule has 17 heavy (non-hydrogen) atoms. The molecule has 98 valence electrons. The fourth-order valence-electron chi connectivity index (χ4n) is 1.26. The molecule has 0 spiro atoms. The SMILES string of the molecule is CC(=O)NC(CCOCCCl)(C(=O)O)[P+](C)=O. The lowest BCUT2D eigenvalue weighted by Gasteiger charge is -2.19. The summed E-state index contributed by atoms with van der Waals surface area (Å²) < 4.78 is 16.6. The third-order valence-corrected chi connectivity index (χ3v) is 3.86. The minimum Gasteiger partial charge on any atom is -0.476 e. The van der Waals surface area contributed by atoms with E-state index < -0.39 is 25.0 Å². The predicted octanol–water partition coefficient (Wildman–Crippen LogP) is 1.01. The molecule has 0 aromatic carbocycles. The van der Waals surface area contributed by atoms with Crippen molar-refractivity contribution in [3.8, 4) is 0 Å². The number of carbonyl (C=O) groups excluding carboxylic acids is 1. The zero-order valence-electron chi connectivity index (χ0n) is 9.73. The van der Waals surface area contributed by atoms with Crippen LogP contribution in [0.4, 0.5) is 0 Å². The van der Waals surface area contributed by atoms with Gasteiger partial charge in [-0.1, -0.05) is 4.57 Å².